The van der Waals surface area contributed by atoms with Gasteiger partial charge in [0, 0.05) is 11.6 Å². The SMILES string of the molecule is C[n+]1cccc(C=CC=NO)c1.[I-]. The number of pyridine rings is 1. The van der Waals surface area contributed by atoms with Crippen molar-refractivity contribution >= 4 is 12.3 Å². The van der Waals surface area contributed by atoms with Crippen LogP contribution in [-0.2, 0) is 7.05 Å². The average Bonchev–Trinajstić information content (AvgIpc) is 2.05. The fourth-order valence-corrected chi connectivity index (χ4v) is 0.902. The predicted octanol–water partition coefficient (Wildman–Crippen LogP) is -2.01. The molecule has 4 heteroatoms. The van der Waals surface area contributed by atoms with Crippen LogP contribution < -0.4 is 28.5 Å². The molecule has 0 spiro atoms. The monoisotopic (exact) mass is 290 g/mol. The number of nitrogens with zero attached hydrogens (tertiary/aromatic N) is 2. The van der Waals surface area contributed by atoms with E-state index in [1.165, 1.54) is 6.21 Å². The first-order valence-electron chi connectivity index (χ1n) is 3.62. The number of allylic oxidation sites excluding steroid dienone is 1. The lowest BCUT2D eigenvalue weighted by molar-refractivity contribution is -0.671. The van der Waals surface area contributed by atoms with Gasteiger partial charge in [-0.1, -0.05) is 5.16 Å². The molecule has 0 aliphatic heterocycles. The van der Waals surface area contributed by atoms with Gasteiger partial charge >= 0.3 is 0 Å². The summed E-state index contributed by atoms with van der Waals surface area (Å²) in [6, 6.07) is 3.93. The molecule has 1 N–H and O–H groups in total. The third-order valence-electron chi connectivity index (χ3n) is 1.40. The molecule has 3 nitrogen and oxygen atoms in total. The summed E-state index contributed by atoms with van der Waals surface area (Å²) in [6.07, 6.45) is 8.79. The van der Waals surface area contributed by atoms with E-state index in [2.05, 4.69) is 5.16 Å². The summed E-state index contributed by atoms with van der Waals surface area (Å²) < 4.78 is 1.95. The molecule has 0 aliphatic rings. The number of halogens is 1. The molecule has 1 aromatic heterocycles. The van der Waals surface area contributed by atoms with Crippen molar-refractivity contribution in [3.8, 4) is 0 Å². The molecular weight excluding hydrogens is 279 g/mol. The fourth-order valence-electron chi connectivity index (χ4n) is 0.902. The second-order valence-corrected chi connectivity index (χ2v) is 2.43. The molecule has 1 heterocycles. The Hall–Kier alpha value is -0.910. The van der Waals surface area contributed by atoms with E-state index in [1.54, 1.807) is 6.08 Å². The van der Waals surface area contributed by atoms with Crippen molar-refractivity contribution in [3.05, 3.63) is 36.2 Å². The summed E-state index contributed by atoms with van der Waals surface area (Å²) in [7, 11) is 1.96. The molecule has 1 aromatic rings. The Labute approximate surface area is 94.4 Å². The van der Waals surface area contributed by atoms with Crippen LogP contribution in [0.2, 0.25) is 0 Å². The van der Waals surface area contributed by atoms with Gasteiger partial charge < -0.3 is 29.2 Å². The fraction of sp³-hybridized carbons (Fsp3) is 0.111. The van der Waals surface area contributed by atoms with Crippen LogP contribution in [0.1, 0.15) is 5.56 Å². The zero-order valence-corrected chi connectivity index (χ0v) is 9.42. The van der Waals surface area contributed by atoms with Crippen LogP contribution in [0.4, 0.5) is 0 Å². The normalized spacial score (nSPS) is 10.5. The van der Waals surface area contributed by atoms with Crippen LogP contribution in [0, 0.1) is 0 Å². The maximum Gasteiger partial charge on any atom is 0.175 e. The van der Waals surface area contributed by atoms with Gasteiger partial charge in [0.2, 0.25) is 0 Å². The van der Waals surface area contributed by atoms with Crippen molar-refractivity contribution in [2.45, 2.75) is 0 Å². The first kappa shape index (κ1) is 12.1. The molecular formula is C9H11IN2O. The molecule has 0 amide bonds. The molecule has 0 atom stereocenters. The maximum absolute atomic E-state index is 8.11. The van der Waals surface area contributed by atoms with Gasteiger partial charge in [0.15, 0.2) is 12.4 Å². The van der Waals surface area contributed by atoms with Gasteiger partial charge in [0.25, 0.3) is 0 Å². The van der Waals surface area contributed by atoms with E-state index in [0.717, 1.165) is 5.56 Å². The van der Waals surface area contributed by atoms with Crippen molar-refractivity contribution < 1.29 is 33.8 Å². The number of aromatic nitrogens is 1. The van der Waals surface area contributed by atoms with Crippen molar-refractivity contribution in [3.63, 3.8) is 0 Å². The van der Waals surface area contributed by atoms with E-state index in [-0.39, 0.29) is 24.0 Å². The Balaban J connectivity index is 0.00000144. The molecule has 0 aliphatic carbocycles. The van der Waals surface area contributed by atoms with Crippen LogP contribution in [0.15, 0.2) is 35.8 Å². The number of oxime groups is 1. The van der Waals surface area contributed by atoms with Crippen LogP contribution >= 0.6 is 0 Å². The van der Waals surface area contributed by atoms with Crippen LogP contribution in [0.3, 0.4) is 0 Å². The largest absolute Gasteiger partial charge is 1.00 e. The van der Waals surface area contributed by atoms with Crippen LogP contribution in [0.5, 0.6) is 0 Å². The Morgan fingerprint density at radius 1 is 1.54 bits per heavy atom. The molecule has 0 unspecified atom stereocenters. The number of aryl methyl sites for hydroxylation is 1. The first-order chi connectivity index (χ1) is 5.83. The van der Waals surface area contributed by atoms with Gasteiger partial charge in [-0.25, -0.2) is 4.57 Å². The van der Waals surface area contributed by atoms with Crippen molar-refractivity contribution in [1.82, 2.24) is 0 Å². The van der Waals surface area contributed by atoms with Gasteiger partial charge in [-0.15, -0.1) is 0 Å². The molecule has 0 aromatic carbocycles. The van der Waals surface area contributed by atoms with Gasteiger partial charge in [-0.3, -0.25) is 0 Å². The van der Waals surface area contributed by atoms with Crippen LogP contribution in [0.25, 0.3) is 6.08 Å². The second-order valence-electron chi connectivity index (χ2n) is 2.43. The van der Waals surface area contributed by atoms with E-state index in [1.807, 2.05) is 42.2 Å². The zero-order valence-electron chi connectivity index (χ0n) is 7.26. The van der Waals surface area contributed by atoms with Crippen LogP contribution in [-0.4, -0.2) is 11.4 Å². The van der Waals surface area contributed by atoms with E-state index >= 15 is 0 Å². The summed E-state index contributed by atoms with van der Waals surface area (Å²) in [4.78, 5) is 0. The average molecular weight is 290 g/mol. The summed E-state index contributed by atoms with van der Waals surface area (Å²) >= 11 is 0. The second kappa shape index (κ2) is 6.59. The molecule has 0 fully saturated rings. The predicted molar refractivity (Wildman–Crippen MR) is 46.9 cm³/mol. The van der Waals surface area contributed by atoms with E-state index < -0.39 is 0 Å². The molecule has 0 radical (unpaired) electrons. The van der Waals surface area contributed by atoms with E-state index in [4.69, 9.17) is 5.21 Å². The number of hydrogen-bond donors (Lipinski definition) is 1. The van der Waals surface area contributed by atoms with Gasteiger partial charge in [0.05, 0.1) is 6.21 Å². The van der Waals surface area contributed by atoms with E-state index in [0.29, 0.717) is 0 Å². The molecule has 0 bridgehead atoms. The lowest BCUT2D eigenvalue weighted by Gasteiger charge is -1.88. The standard InChI is InChI=1S/C9H10N2O.HI/c1-11-7-3-5-9(8-11)4-2-6-10-12;/h2-8H,1H3;1H. The summed E-state index contributed by atoms with van der Waals surface area (Å²) in [6.45, 7) is 0. The Morgan fingerprint density at radius 3 is 2.92 bits per heavy atom. The smallest absolute Gasteiger partial charge is 0.175 e. The summed E-state index contributed by atoms with van der Waals surface area (Å²) in [5.74, 6) is 0. The summed E-state index contributed by atoms with van der Waals surface area (Å²) in [5, 5.41) is 11.0. The van der Waals surface area contributed by atoms with Crippen molar-refractivity contribution in [2.75, 3.05) is 0 Å². The van der Waals surface area contributed by atoms with E-state index in [9.17, 15) is 0 Å². The Morgan fingerprint density at radius 2 is 2.31 bits per heavy atom. The first-order valence-corrected chi connectivity index (χ1v) is 3.62. The number of hydrogen-bond acceptors (Lipinski definition) is 2. The van der Waals surface area contributed by atoms with Gasteiger partial charge in [0.1, 0.15) is 7.05 Å². The highest BCUT2D eigenvalue weighted by atomic mass is 127. The minimum absolute atomic E-state index is 0. The van der Waals surface area contributed by atoms with Gasteiger partial charge in [-0.05, 0) is 18.2 Å². The lowest BCUT2D eigenvalue weighted by Crippen LogP contribution is -3.00. The minimum Gasteiger partial charge on any atom is -1.00 e. The third-order valence-corrected chi connectivity index (χ3v) is 1.40. The molecule has 0 saturated carbocycles. The highest BCUT2D eigenvalue weighted by Crippen LogP contribution is 1.95. The summed E-state index contributed by atoms with van der Waals surface area (Å²) in [5.41, 5.74) is 1.07. The molecule has 0 saturated heterocycles. The third kappa shape index (κ3) is 4.62. The number of rotatable bonds is 2. The van der Waals surface area contributed by atoms with Crippen molar-refractivity contribution in [1.29, 1.82) is 0 Å². The Bertz CT molecular complexity index is 310. The van der Waals surface area contributed by atoms with Crippen molar-refractivity contribution in [2.24, 2.45) is 12.2 Å². The Kier molecular flexibility index (Phi) is 6.13. The molecule has 13 heavy (non-hydrogen) atoms. The molecule has 70 valence electrons. The molecule has 1 rings (SSSR count). The minimum atomic E-state index is 0. The maximum atomic E-state index is 8.11. The quantitative estimate of drug-likeness (QED) is 0.221. The highest BCUT2D eigenvalue weighted by Gasteiger charge is 1.91. The zero-order chi connectivity index (χ0) is 8.81. The van der Waals surface area contributed by atoms with Gasteiger partial charge in [-0.2, -0.15) is 0 Å². The highest BCUT2D eigenvalue weighted by molar-refractivity contribution is 5.77. The topological polar surface area (TPSA) is 36.5 Å². The lowest BCUT2D eigenvalue weighted by atomic mass is 10.2.